The van der Waals surface area contributed by atoms with E-state index in [2.05, 4.69) is 10.2 Å². The number of nitrogens with zero attached hydrogens (tertiary/aromatic N) is 1. The second-order valence-electron chi connectivity index (χ2n) is 6.21. The zero-order valence-electron chi connectivity index (χ0n) is 11.8. The molecule has 2 bridgehead atoms. The highest BCUT2D eigenvalue weighted by Gasteiger charge is 2.41. The molecular formula is C14H24N2O3. The first-order valence-corrected chi connectivity index (χ1v) is 7.22. The molecule has 1 amide bonds. The molecule has 2 rings (SSSR count). The first-order valence-electron chi connectivity index (χ1n) is 7.22. The van der Waals surface area contributed by atoms with Gasteiger partial charge in [-0.1, -0.05) is 0 Å². The van der Waals surface area contributed by atoms with Crippen LogP contribution in [0.3, 0.4) is 0 Å². The van der Waals surface area contributed by atoms with Crippen molar-refractivity contribution in [2.24, 2.45) is 5.92 Å². The fourth-order valence-electron chi connectivity index (χ4n) is 3.59. The van der Waals surface area contributed by atoms with Crippen molar-refractivity contribution in [1.82, 2.24) is 10.2 Å². The number of hydrogen-bond acceptors (Lipinski definition) is 3. The Hall–Kier alpha value is -1.10. The molecule has 2 N–H and O–H groups in total. The fourth-order valence-corrected chi connectivity index (χ4v) is 3.59. The Balaban J connectivity index is 1.88. The van der Waals surface area contributed by atoms with Gasteiger partial charge in [0.15, 0.2) is 0 Å². The van der Waals surface area contributed by atoms with Crippen LogP contribution < -0.4 is 5.32 Å². The SMILES string of the molecule is CC(C)NC(=O)CN1C2CCC1CC(CC(=O)O)C2. The van der Waals surface area contributed by atoms with E-state index in [0.717, 1.165) is 25.7 Å². The predicted octanol–water partition coefficient (Wildman–Crippen LogP) is 1.23. The maximum atomic E-state index is 11.9. The summed E-state index contributed by atoms with van der Waals surface area (Å²) < 4.78 is 0. The molecule has 5 heteroatoms. The summed E-state index contributed by atoms with van der Waals surface area (Å²) >= 11 is 0. The highest BCUT2D eigenvalue weighted by Crippen LogP contribution is 2.39. The van der Waals surface area contributed by atoms with Crippen molar-refractivity contribution in [3.05, 3.63) is 0 Å². The van der Waals surface area contributed by atoms with Gasteiger partial charge < -0.3 is 10.4 Å². The van der Waals surface area contributed by atoms with Gasteiger partial charge in [0.2, 0.25) is 5.91 Å². The molecule has 2 saturated heterocycles. The number of carboxylic acids is 1. The number of carboxylic acid groups (broad SMARTS) is 1. The lowest BCUT2D eigenvalue weighted by molar-refractivity contribution is -0.139. The number of rotatable bonds is 5. The Labute approximate surface area is 114 Å². The molecule has 2 unspecified atom stereocenters. The van der Waals surface area contributed by atoms with Crippen molar-refractivity contribution >= 4 is 11.9 Å². The van der Waals surface area contributed by atoms with Gasteiger partial charge in [0.05, 0.1) is 6.54 Å². The summed E-state index contributed by atoms with van der Waals surface area (Å²) in [5, 5.41) is 11.8. The van der Waals surface area contributed by atoms with Gasteiger partial charge in [-0.15, -0.1) is 0 Å². The van der Waals surface area contributed by atoms with E-state index in [1.807, 2.05) is 13.8 Å². The fraction of sp³-hybridized carbons (Fsp3) is 0.857. The average molecular weight is 268 g/mol. The summed E-state index contributed by atoms with van der Waals surface area (Å²) in [4.78, 5) is 24.9. The first kappa shape index (κ1) is 14.3. The van der Waals surface area contributed by atoms with E-state index in [9.17, 15) is 9.59 Å². The van der Waals surface area contributed by atoms with E-state index in [0.29, 0.717) is 24.5 Å². The van der Waals surface area contributed by atoms with Gasteiger partial charge in [-0.3, -0.25) is 14.5 Å². The van der Waals surface area contributed by atoms with Crippen LogP contribution in [-0.2, 0) is 9.59 Å². The minimum atomic E-state index is -0.699. The molecule has 19 heavy (non-hydrogen) atoms. The molecule has 108 valence electrons. The number of amides is 1. The zero-order chi connectivity index (χ0) is 14.0. The van der Waals surface area contributed by atoms with Crippen LogP contribution in [-0.4, -0.2) is 46.6 Å². The molecule has 0 aromatic carbocycles. The Kier molecular flexibility index (Phi) is 4.45. The van der Waals surface area contributed by atoms with Crippen molar-refractivity contribution in [2.45, 2.75) is 64.1 Å². The molecule has 2 atom stereocenters. The van der Waals surface area contributed by atoms with Crippen LogP contribution in [0.25, 0.3) is 0 Å². The second-order valence-corrected chi connectivity index (χ2v) is 6.21. The lowest BCUT2D eigenvalue weighted by atomic mass is 9.88. The summed E-state index contributed by atoms with van der Waals surface area (Å²) in [6.07, 6.45) is 4.35. The van der Waals surface area contributed by atoms with Crippen molar-refractivity contribution in [3.8, 4) is 0 Å². The summed E-state index contributed by atoms with van der Waals surface area (Å²) in [6.45, 7) is 4.39. The Morgan fingerprint density at radius 2 is 1.84 bits per heavy atom. The molecule has 0 aromatic rings. The molecule has 2 fully saturated rings. The van der Waals surface area contributed by atoms with E-state index in [4.69, 9.17) is 5.11 Å². The number of carbonyl (C=O) groups excluding carboxylic acids is 1. The summed E-state index contributed by atoms with van der Waals surface area (Å²) in [5.41, 5.74) is 0. The standard InChI is InChI=1S/C14H24N2O3/c1-9(2)15-13(17)8-16-11-3-4-12(16)6-10(5-11)7-14(18)19/h9-12H,3-8H2,1-2H3,(H,15,17)(H,18,19). The largest absolute Gasteiger partial charge is 0.481 e. The number of aliphatic carboxylic acids is 1. The lowest BCUT2D eigenvalue weighted by Gasteiger charge is -2.38. The Morgan fingerprint density at radius 3 is 2.32 bits per heavy atom. The van der Waals surface area contributed by atoms with Gasteiger partial charge in [-0.05, 0) is 45.4 Å². The van der Waals surface area contributed by atoms with Crippen LogP contribution in [0.4, 0.5) is 0 Å². The predicted molar refractivity (Wildman–Crippen MR) is 71.8 cm³/mol. The third-order valence-electron chi connectivity index (χ3n) is 4.22. The number of piperidine rings is 1. The number of nitrogens with one attached hydrogen (secondary N) is 1. The van der Waals surface area contributed by atoms with Gasteiger partial charge in [-0.2, -0.15) is 0 Å². The third kappa shape index (κ3) is 3.69. The second kappa shape index (κ2) is 5.90. The third-order valence-corrected chi connectivity index (χ3v) is 4.22. The van der Waals surface area contributed by atoms with E-state index in [1.54, 1.807) is 0 Å². The topological polar surface area (TPSA) is 69.6 Å². The molecule has 0 radical (unpaired) electrons. The quantitative estimate of drug-likeness (QED) is 0.787. The lowest BCUT2D eigenvalue weighted by Crippen LogP contribution is -2.49. The molecule has 0 aliphatic carbocycles. The highest BCUT2D eigenvalue weighted by molar-refractivity contribution is 5.78. The molecule has 2 aliphatic rings. The summed E-state index contributed by atoms with van der Waals surface area (Å²) in [5.74, 6) is -0.321. The number of hydrogen-bond donors (Lipinski definition) is 2. The molecule has 2 heterocycles. The van der Waals surface area contributed by atoms with Gasteiger partial charge >= 0.3 is 5.97 Å². The van der Waals surface area contributed by atoms with Crippen LogP contribution in [0.15, 0.2) is 0 Å². The van der Waals surface area contributed by atoms with Crippen LogP contribution in [0.5, 0.6) is 0 Å². The summed E-state index contributed by atoms with van der Waals surface area (Å²) in [7, 11) is 0. The van der Waals surface area contributed by atoms with Gasteiger partial charge in [0.25, 0.3) is 0 Å². The maximum absolute atomic E-state index is 11.9. The molecular weight excluding hydrogens is 244 g/mol. The number of fused-ring (bicyclic) bond motifs is 2. The minimum absolute atomic E-state index is 0.0867. The van der Waals surface area contributed by atoms with E-state index in [1.165, 1.54) is 0 Å². The van der Waals surface area contributed by atoms with Crippen molar-refractivity contribution in [1.29, 1.82) is 0 Å². The van der Waals surface area contributed by atoms with Crippen LogP contribution in [0.1, 0.15) is 46.0 Å². The minimum Gasteiger partial charge on any atom is -0.481 e. The van der Waals surface area contributed by atoms with Crippen molar-refractivity contribution < 1.29 is 14.7 Å². The Morgan fingerprint density at radius 1 is 1.26 bits per heavy atom. The average Bonchev–Trinajstić information content (AvgIpc) is 2.52. The number of carbonyl (C=O) groups is 2. The van der Waals surface area contributed by atoms with Gasteiger partial charge in [0.1, 0.15) is 0 Å². The van der Waals surface area contributed by atoms with E-state index >= 15 is 0 Å². The summed E-state index contributed by atoms with van der Waals surface area (Å²) in [6, 6.07) is 0.983. The normalized spacial score (nSPS) is 30.6. The highest BCUT2D eigenvalue weighted by atomic mass is 16.4. The Bertz CT molecular complexity index is 343. The van der Waals surface area contributed by atoms with Crippen LogP contribution in [0.2, 0.25) is 0 Å². The smallest absolute Gasteiger partial charge is 0.303 e. The van der Waals surface area contributed by atoms with Gasteiger partial charge in [0, 0.05) is 24.5 Å². The van der Waals surface area contributed by atoms with Gasteiger partial charge in [-0.25, -0.2) is 0 Å². The molecule has 0 spiro atoms. The monoisotopic (exact) mass is 268 g/mol. The van der Waals surface area contributed by atoms with Crippen LogP contribution >= 0.6 is 0 Å². The van der Waals surface area contributed by atoms with E-state index in [-0.39, 0.29) is 18.4 Å². The molecule has 5 nitrogen and oxygen atoms in total. The molecule has 0 aromatic heterocycles. The first-order chi connectivity index (χ1) is 8.95. The maximum Gasteiger partial charge on any atom is 0.303 e. The van der Waals surface area contributed by atoms with Crippen molar-refractivity contribution in [3.63, 3.8) is 0 Å². The van der Waals surface area contributed by atoms with Crippen LogP contribution in [0, 0.1) is 5.92 Å². The zero-order valence-corrected chi connectivity index (χ0v) is 11.8. The van der Waals surface area contributed by atoms with Crippen molar-refractivity contribution in [2.75, 3.05) is 6.54 Å². The molecule has 0 saturated carbocycles. The molecule has 2 aliphatic heterocycles. The van der Waals surface area contributed by atoms with E-state index < -0.39 is 5.97 Å².